The van der Waals surface area contributed by atoms with Crippen LogP contribution in [0.4, 0.5) is 0 Å². The number of nitrogens with zero attached hydrogens (tertiary/aromatic N) is 2. The van der Waals surface area contributed by atoms with Gasteiger partial charge in [0.05, 0.1) is 11.9 Å². The number of sulfone groups is 1. The highest BCUT2D eigenvalue weighted by Crippen LogP contribution is 2.30. The molecule has 1 aromatic rings. The van der Waals surface area contributed by atoms with Crippen LogP contribution in [-0.4, -0.2) is 30.0 Å². The Labute approximate surface area is 107 Å². The number of hydrogen-bond donors (Lipinski definition) is 1. The van der Waals surface area contributed by atoms with Gasteiger partial charge in [-0.05, 0) is 19.3 Å². The zero-order chi connectivity index (χ0) is 12.8. The summed E-state index contributed by atoms with van der Waals surface area (Å²) in [5.74, 6) is 0.180. The molecule has 1 N–H and O–H groups in total. The monoisotopic (exact) mass is 267 g/mol. The molecule has 18 heavy (non-hydrogen) atoms. The zero-order valence-electron chi connectivity index (χ0n) is 10.3. The molecule has 0 spiro atoms. The second-order valence-corrected chi connectivity index (χ2v) is 6.98. The zero-order valence-corrected chi connectivity index (χ0v) is 11.2. The summed E-state index contributed by atoms with van der Waals surface area (Å²) in [6.07, 6.45) is 6.87. The first-order valence-electron chi connectivity index (χ1n) is 6.23. The first-order chi connectivity index (χ1) is 8.55. The van der Waals surface area contributed by atoms with Crippen molar-refractivity contribution in [3.63, 3.8) is 0 Å². The van der Waals surface area contributed by atoms with Crippen molar-refractivity contribution in [1.29, 1.82) is 0 Å². The molecule has 0 aromatic carbocycles. The Morgan fingerprint density at radius 3 is 3.06 bits per heavy atom. The highest BCUT2D eigenvalue weighted by atomic mass is 32.2. The van der Waals surface area contributed by atoms with Crippen molar-refractivity contribution >= 4 is 9.84 Å². The van der Waals surface area contributed by atoms with Gasteiger partial charge in [-0.2, -0.15) is 5.10 Å². The smallest absolute Gasteiger partial charge is 0.173 e. The topological polar surface area (TPSA) is 64.0 Å². The van der Waals surface area contributed by atoms with Gasteiger partial charge in [0, 0.05) is 35.8 Å². The summed E-state index contributed by atoms with van der Waals surface area (Å²) >= 11 is 0. The minimum absolute atomic E-state index is 0.0637. The Morgan fingerprint density at radius 1 is 1.50 bits per heavy atom. The molecule has 1 aliphatic heterocycles. The molecule has 1 aliphatic carbocycles. The van der Waals surface area contributed by atoms with E-state index in [0.29, 0.717) is 0 Å². The summed E-state index contributed by atoms with van der Waals surface area (Å²) < 4.78 is 24.7. The second kappa shape index (κ2) is 4.20. The van der Waals surface area contributed by atoms with E-state index in [1.165, 1.54) is 16.7 Å². The lowest BCUT2D eigenvalue weighted by Gasteiger charge is -2.26. The minimum atomic E-state index is -2.98. The first kappa shape index (κ1) is 11.9. The quantitative estimate of drug-likeness (QED) is 0.856. The third-order valence-electron chi connectivity index (χ3n) is 3.72. The van der Waals surface area contributed by atoms with E-state index in [9.17, 15) is 8.42 Å². The molecule has 2 aliphatic rings. The molecule has 2 atom stereocenters. The lowest BCUT2D eigenvalue weighted by atomic mass is 9.92. The molecule has 3 rings (SSSR count). The Balaban J connectivity index is 1.78. The Morgan fingerprint density at radius 2 is 2.33 bits per heavy atom. The molecular formula is C12H17N3O2S. The molecule has 0 saturated carbocycles. The van der Waals surface area contributed by atoms with Crippen molar-refractivity contribution in [3.05, 3.63) is 28.9 Å². The van der Waals surface area contributed by atoms with Gasteiger partial charge in [-0.25, -0.2) is 8.42 Å². The lowest BCUT2D eigenvalue weighted by molar-refractivity contribution is 0.436. The second-order valence-electron chi connectivity index (χ2n) is 5.05. The van der Waals surface area contributed by atoms with E-state index in [-0.39, 0.29) is 17.8 Å². The third kappa shape index (κ3) is 2.10. The fraction of sp³-hybridized carbons (Fsp3) is 0.583. The van der Waals surface area contributed by atoms with Crippen molar-refractivity contribution < 1.29 is 8.42 Å². The average Bonchev–Trinajstić information content (AvgIpc) is 2.84. The highest BCUT2D eigenvalue weighted by molar-refractivity contribution is 7.94. The van der Waals surface area contributed by atoms with Gasteiger partial charge < -0.3 is 5.32 Å². The molecule has 0 bridgehead atoms. The van der Waals surface area contributed by atoms with E-state index in [1.54, 1.807) is 6.08 Å². The Hall–Kier alpha value is -1.14. The number of aryl methyl sites for hydroxylation is 1. The van der Waals surface area contributed by atoms with Gasteiger partial charge in [0.15, 0.2) is 9.84 Å². The molecular weight excluding hydrogens is 250 g/mol. The van der Waals surface area contributed by atoms with Crippen LogP contribution < -0.4 is 5.32 Å². The molecule has 0 fully saturated rings. The van der Waals surface area contributed by atoms with Crippen LogP contribution in [0, 0.1) is 0 Å². The average molecular weight is 267 g/mol. The van der Waals surface area contributed by atoms with Crippen LogP contribution in [0.1, 0.15) is 30.1 Å². The molecule has 5 nitrogen and oxygen atoms in total. The maximum Gasteiger partial charge on any atom is 0.173 e. The van der Waals surface area contributed by atoms with Gasteiger partial charge in [0.25, 0.3) is 0 Å². The maximum atomic E-state index is 11.4. The van der Waals surface area contributed by atoms with E-state index in [2.05, 4.69) is 10.4 Å². The van der Waals surface area contributed by atoms with Crippen LogP contribution in [0.2, 0.25) is 0 Å². The van der Waals surface area contributed by atoms with E-state index in [4.69, 9.17) is 0 Å². The van der Waals surface area contributed by atoms with Gasteiger partial charge in [-0.3, -0.25) is 4.68 Å². The number of aromatic nitrogens is 2. The standard InChI is InChI=1S/C12H17N3O2S/c1-15-12-4-2-3-11(10(12)7-13-15)14-9-5-6-18(16,17)8-9/h5-7,9,11,14H,2-4,8H2,1H3. The van der Waals surface area contributed by atoms with Gasteiger partial charge in [0.1, 0.15) is 0 Å². The van der Waals surface area contributed by atoms with Gasteiger partial charge in [-0.15, -0.1) is 0 Å². The molecule has 98 valence electrons. The van der Waals surface area contributed by atoms with Crippen LogP contribution >= 0.6 is 0 Å². The van der Waals surface area contributed by atoms with Crippen molar-refractivity contribution in [2.45, 2.75) is 31.3 Å². The highest BCUT2D eigenvalue weighted by Gasteiger charge is 2.28. The Bertz CT molecular complexity index is 588. The molecule has 2 unspecified atom stereocenters. The summed E-state index contributed by atoms with van der Waals surface area (Å²) in [5.41, 5.74) is 2.49. The molecule has 0 radical (unpaired) electrons. The third-order valence-corrected chi connectivity index (χ3v) is 5.12. The van der Waals surface area contributed by atoms with Crippen LogP contribution in [0.5, 0.6) is 0 Å². The predicted octanol–water partition coefficient (Wildman–Crippen LogP) is 0.698. The number of fused-ring (bicyclic) bond motifs is 1. The number of rotatable bonds is 2. The fourth-order valence-electron chi connectivity index (χ4n) is 2.82. The summed E-state index contributed by atoms with van der Waals surface area (Å²) in [5, 5.41) is 9.03. The van der Waals surface area contributed by atoms with Crippen molar-refractivity contribution in [1.82, 2.24) is 15.1 Å². The first-order valence-corrected chi connectivity index (χ1v) is 7.94. The van der Waals surface area contributed by atoms with Crippen LogP contribution in [0.15, 0.2) is 17.7 Å². The van der Waals surface area contributed by atoms with Crippen LogP contribution in [0.25, 0.3) is 0 Å². The molecule has 0 saturated heterocycles. The van der Waals surface area contributed by atoms with Crippen molar-refractivity contribution in [3.8, 4) is 0 Å². The molecule has 1 aromatic heterocycles. The van der Waals surface area contributed by atoms with E-state index in [1.807, 2.05) is 17.9 Å². The van der Waals surface area contributed by atoms with Crippen LogP contribution in [-0.2, 0) is 23.3 Å². The molecule has 2 heterocycles. The summed E-state index contributed by atoms with van der Waals surface area (Å²) in [6, 6.07) is 0.163. The van der Waals surface area contributed by atoms with Crippen molar-refractivity contribution in [2.24, 2.45) is 7.05 Å². The fourth-order valence-corrected chi connectivity index (χ4v) is 4.07. The summed E-state index contributed by atoms with van der Waals surface area (Å²) in [7, 11) is -1.02. The normalized spacial score (nSPS) is 29.4. The number of hydrogen-bond acceptors (Lipinski definition) is 4. The SMILES string of the molecule is Cn1ncc2c1CCCC2NC1C=CS(=O)(=O)C1. The van der Waals surface area contributed by atoms with Gasteiger partial charge >= 0.3 is 0 Å². The summed E-state index contributed by atoms with van der Waals surface area (Å²) in [4.78, 5) is 0. The lowest BCUT2D eigenvalue weighted by Crippen LogP contribution is -2.35. The van der Waals surface area contributed by atoms with E-state index in [0.717, 1.165) is 19.3 Å². The van der Waals surface area contributed by atoms with Gasteiger partial charge in [-0.1, -0.05) is 6.08 Å². The van der Waals surface area contributed by atoms with Crippen LogP contribution in [0.3, 0.4) is 0 Å². The predicted molar refractivity (Wildman–Crippen MR) is 68.7 cm³/mol. The van der Waals surface area contributed by atoms with E-state index >= 15 is 0 Å². The molecule has 0 amide bonds. The van der Waals surface area contributed by atoms with E-state index < -0.39 is 9.84 Å². The van der Waals surface area contributed by atoms with Crippen molar-refractivity contribution in [2.75, 3.05) is 5.75 Å². The number of nitrogens with one attached hydrogen (secondary N) is 1. The largest absolute Gasteiger partial charge is 0.303 e. The minimum Gasteiger partial charge on any atom is -0.303 e. The maximum absolute atomic E-state index is 11.4. The molecule has 6 heteroatoms. The van der Waals surface area contributed by atoms with Gasteiger partial charge in [0.2, 0.25) is 0 Å². The Kier molecular flexibility index (Phi) is 2.79. The summed E-state index contributed by atoms with van der Waals surface area (Å²) in [6.45, 7) is 0.